The first-order chi connectivity index (χ1) is 16.2. The van der Waals surface area contributed by atoms with Crippen LogP contribution in [0.25, 0.3) is 23.1 Å². The molecule has 10 nitrogen and oxygen atoms in total. The first kappa shape index (κ1) is 23.7. The van der Waals surface area contributed by atoms with Gasteiger partial charge in [-0.1, -0.05) is 18.2 Å². The molecule has 5 atom stereocenters. The molecule has 0 radical (unpaired) electrons. The normalized spacial score (nSPS) is 25.1. The number of aliphatic hydroxyl groups excluding tert-OH is 4. The van der Waals surface area contributed by atoms with Crippen molar-refractivity contribution in [1.82, 2.24) is 0 Å². The topological polar surface area (TPSA) is 170 Å². The fourth-order valence-corrected chi connectivity index (χ4v) is 3.66. The molecule has 1 saturated heterocycles. The summed E-state index contributed by atoms with van der Waals surface area (Å²) < 4.78 is 16.7. The van der Waals surface area contributed by atoms with Crippen LogP contribution < -0.4 is 10.2 Å². The van der Waals surface area contributed by atoms with Gasteiger partial charge < -0.3 is 44.5 Å². The largest absolute Gasteiger partial charge is 0.508 e. The van der Waals surface area contributed by atoms with Crippen molar-refractivity contribution < 1.29 is 44.5 Å². The van der Waals surface area contributed by atoms with Gasteiger partial charge in [0.1, 0.15) is 58.4 Å². The van der Waals surface area contributed by atoms with Crippen LogP contribution in [0, 0.1) is 6.92 Å². The maximum absolute atomic E-state index is 12.7. The number of ether oxygens (including phenoxy) is 2. The van der Waals surface area contributed by atoms with Gasteiger partial charge in [0.2, 0.25) is 6.29 Å². The first-order valence-corrected chi connectivity index (χ1v) is 10.4. The minimum absolute atomic E-state index is 0.000506. The molecule has 0 unspecified atom stereocenters. The van der Waals surface area contributed by atoms with Gasteiger partial charge >= 0.3 is 0 Å². The molecule has 1 fully saturated rings. The van der Waals surface area contributed by atoms with E-state index < -0.39 is 42.7 Å². The van der Waals surface area contributed by atoms with E-state index in [9.17, 15) is 35.4 Å². The van der Waals surface area contributed by atoms with Gasteiger partial charge in [0.25, 0.3) is 0 Å². The molecule has 0 amide bonds. The molecule has 4 rings (SSSR count). The Balaban J connectivity index is 1.69. The molecule has 10 heteroatoms. The highest BCUT2D eigenvalue weighted by Crippen LogP contribution is 2.36. The third kappa shape index (κ3) is 4.49. The monoisotopic (exact) mass is 472 g/mol. The lowest BCUT2D eigenvalue weighted by atomic mass is 9.99. The summed E-state index contributed by atoms with van der Waals surface area (Å²) >= 11 is 0. The van der Waals surface area contributed by atoms with Crippen LogP contribution in [0.3, 0.4) is 0 Å². The number of phenolic OH excluding ortho intramolecular Hbond substituents is 2. The zero-order chi connectivity index (χ0) is 24.6. The number of hydrogen-bond acceptors (Lipinski definition) is 10. The third-order valence-electron chi connectivity index (χ3n) is 5.64. The van der Waals surface area contributed by atoms with Gasteiger partial charge in [-0.25, -0.2) is 0 Å². The van der Waals surface area contributed by atoms with Crippen LogP contribution in [0.4, 0.5) is 0 Å². The second-order valence-corrected chi connectivity index (χ2v) is 7.97. The molecule has 0 aliphatic carbocycles. The fraction of sp³-hybridized carbons (Fsp3) is 0.292. The Bertz CT molecular complexity index is 1260. The SMILES string of the molecule is Cc1c(O[C@@H]2O[C@H](CO)[C@@H](O)[C@H](O)[C@H]2O)cc2oc(/C=C/c3ccc(O)cc3)cc(=O)c2c1O. The molecule has 0 bridgehead atoms. The molecule has 3 aromatic rings. The molecule has 1 aliphatic heterocycles. The van der Waals surface area contributed by atoms with Crippen molar-refractivity contribution in [3.8, 4) is 17.2 Å². The van der Waals surface area contributed by atoms with Crippen LogP contribution in [0.5, 0.6) is 17.2 Å². The molecule has 0 spiro atoms. The van der Waals surface area contributed by atoms with Crippen LogP contribution in [0.15, 0.2) is 45.6 Å². The van der Waals surface area contributed by atoms with Crippen LogP contribution in [-0.2, 0) is 4.74 Å². The predicted molar refractivity (Wildman–Crippen MR) is 120 cm³/mol. The van der Waals surface area contributed by atoms with Crippen LogP contribution in [0.2, 0.25) is 0 Å². The molecule has 180 valence electrons. The van der Waals surface area contributed by atoms with E-state index in [2.05, 4.69) is 0 Å². The highest BCUT2D eigenvalue weighted by atomic mass is 16.7. The van der Waals surface area contributed by atoms with Gasteiger partial charge in [-0.2, -0.15) is 0 Å². The van der Waals surface area contributed by atoms with Crippen molar-refractivity contribution in [3.63, 3.8) is 0 Å². The van der Waals surface area contributed by atoms with Crippen LogP contribution in [-0.4, -0.2) is 68.0 Å². The number of aliphatic hydroxyl groups is 4. The summed E-state index contributed by atoms with van der Waals surface area (Å²) in [5, 5.41) is 59.4. The van der Waals surface area contributed by atoms with E-state index in [4.69, 9.17) is 13.9 Å². The fourth-order valence-electron chi connectivity index (χ4n) is 3.66. The second kappa shape index (κ2) is 9.45. The molecule has 1 aromatic heterocycles. The molecular weight excluding hydrogens is 448 g/mol. The highest BCUT2D eigenvalue weighted by molar-refractivity contribution is 5.87. The predicted octanol–water partition coefficient (Wildman–Crippen LogP) is 0.862. The Morgan fingerprint density at radius 3 is 2.38 bits per heavy atom. The maximum Gasteiger partial charge on any atom is 0.229 e. The number of rotatable bonds is 5. The molecule has 34 heavy (non-hydrogen) atoms. The quantitative estimate of drug-likeness (QED) is 0.313. The number of phenols is 2. The van der Waals surface area contributed by atoms with Crippen molar-refractivity contribution in [2.45, 2.75) is 37.6 Å². The lowest BCUT2D eigenvalue weighted by molar-refractivity contribution is -0.277. The number of benzene rings is 2. The van der Waals surface area contributed by atoms with Crippen molar-refractivity contribution in [2.24, 2.45) is 0 Å². The molecule has 6 N–H and O–H groups in total. The van der Waals surface area contributed by atoms with E-state index in [-0.39, 0.29) is 39.5 Å². The summed E-state index contributed by atoms with van der Waals surface area (Å²) in [6.07, 6.45) is -4.28. The number of aromatic hydroxyl groups is 2. The van der Waals surface area contributed by atoms with Crippen molar-refractivity contribution in [1.29, 1.82) is 0 Å². The van der Waals surface area contributed by atoms with Crippen molar-refractivity contribution in [2.75, 3.05) is 6.61 Å². The van der Waals surface area contributed by atoms with E-state index in [1.807, 2.05) is 0 Å². The average Bonchev–Trinajstić information content (AvgIpc) is 2.81. The van der Waals surface area contributed by atoms with E-state index in [0.29, 0.717) is 0 Å². The summed E-state index contributed by atoms with van der Waals surface area (Å²) in [5.41, 5.74) is 0.412. The van der Waals surface area contributed by atoms with E-state index >= 15 is 0 Å². The van der Waals surface area contributed by atoms with Gasteiger partial charge in [-0.05, 0) is 30.7 Å². The highest BCUT2D eigenvalue weighted by Gasteiger charge is 2.45. The van der Waals surface area contributed by atoms with E-state index in [1.165, 1.54) is 31.2 Å². The number of fused-ring (bicyclic) bond motifs is 1. The first-order valence-electron chi connectivity index (χ1n) is 10.4. The Kier molecular flexibility index (Phi) is 6.60. The van der Waals surface area contributed by atoms with E-state index in [0.717, 1.165) is 5.56 Å². The Labute approximate surface area is 193 Å². The molecular formula is C24H24O10. The minimum Gasteiger partial charge on any atom is -0.508 e. The van der Waals surface area contributed by atoms with Gasteiger partial charge in [0.15, 0.2) is 5.43 Å². The molecule has 2 aromatic carbocycles. The standard InChI is InChI=1S/C24H24O10/c1-11-16(33-24-23(31)22(30)21(29)18(10-25)34-24)9-17-19(20(11)28)15(27)8-14(32-17)7-4-12-2-5-13(26)6-3-12/h2-9,18,21-26,28-31H,10H2,1H3/b7-4+/t18-,21-,22+,23-,24-/m1/s1. The zero-order valence-corrected chi connectivity index (χ0v) is 18.0. The summed E-state index contributed by atoms with van der Waals surface area (Å²) in [7, 11) is 0. The summed E-state index contributed by atoms with van der Waals surface area (Å²) in [4.78, 5) is 12.7. The smallest absolute Gasteiger partial charge is 0.229 e. The second-order valence-electron chi connectivity index (χ2n) is 7.97. The van der Waals surface area contributed by atoms with Crippen molar-refractivity contribution >= 4 is 23.1 Å². The summed E-state index contributed by atoms with van der Waals surface area (Å²) in [6.45, 7) is 0.852. The summed E-state index contributed by atoms with van der Waals surface area (Å²) in [6, 6.07) is 8.93. The maximum atomic E-state index is 12.7. The zero-order valence-electron chi connectivity index (χ0n) is 18.0. The Morgan fingerprint density at radius 1 is 1.00 bits per heavy atom. The van der Waals surface area contributed by atoms with Crippen LogP contribution in [0.1, 0.15) is 16.9 Å². The number of hydrogen-bond donors (Lipinski definition) is 6. The van der Waals surface area contributed by atoms with Crippen molar-refractivity contribution in [3.05, 3.63) is 63.5 Å². The van der Waals surface area contributed by atoms with Gasteiger partial charge in [-0.3, -0.25) is 4.79 Å². The van der Waals surface area contributed by atoms with Gasteiger partial charge in [0, 0.05) is 17.7 Å². The molecule has 0 saturated carbocycles. The van der Waals surface area contributed by atoms with Gasteiger partial charge in [-0.15, -0.1) is 0 Å². The summed E-state index contributed by atoms with van der Waals surface area (Å²) in [5.74, 6) is -0.0863. The minimum atomic E-state index is -1.65. The average molecular weight is 472 g/mol. The Morgan fingerprint density at radius 2 is 1.71 bits per heavy atom. The lowest BCUT2D eigenvalue weighted by Gasteiger charge is -2.39. The van der Waals surface area contributed by atoms with Crippen LogP contribution >= 0.6 is 0 Å². The van der Waals surface area contributed by atoms with E-state index in [1.54, 1.807) is 24.3 Å². The third-order valence-corrected chi connectivity index (χ3v) is 5.64. The molecule has 1 aliphatic rings. The Hall–Kier alpha value is -3.41. The van der Waals surface area contributed by atoms with Gasteiger partial charge in [0.05, 0.1) is 6.61 Å². The molecule has 2 heterocycles. The lowest BCUT2D eigenvalue weighted by Crippen LogP contribution is -2.60.